The van der Waals surface area contributed by atoms with Crippen LogP contribution in [0.1, 0.15) is 33.1 Å². The lowest BCUT2D eigenvalue weighted by atomic mass is 10.1. The number of nitrogens with one attached hydrogen (secondary N) is 1. The largest absolute Gasteiger partial charge is 0.354 e. The Balaban J connectivity index is 2.18. The molecule has 1 atom stereocenters. The van der Waals surface area contributed by atoms with Crippen LogP contribution in [0.5, 0.6) is 0 Å². The molecule has 4 amide bonds. The van der Waals surface area contributed by atoms with Crippen molar-refractivity contribution in [1.29, 1.82) is 0 Å². The number of likely N-dealkylation sites (N-methyl/N-ethyl adjacent to an activating group) is 1. The fraction of sp³-hybridized carbons (Fsp3) is 0.714. The van der Waals surface area contributed by atoms with Gasteiger partial charge in [0.1, 0.15) is 0 Å². The fourth-order valence-corrected chi connectivity index (χ4v) is 2.09. The summed E-state index contributed by atoms with van der Waals surface area (Å²) in [6.07, 6.45) is 0.982. The molecule has 7 heteroatoms. The molecule has 0 saturated carbocycles. The van der Waals surface area contributed by atoms with E-state index in [0.29, 0.717) is 26.1 Å². The minimum absolute atomic E-state index is 0.0515. The zero-order valence-corrected chi connectivity index (χ0v) is 12.8. The Hall–Kier alpha value is -1.92. The van der Waals surface area contributed by atoms with E-state index in [-0.39, 0.29) is 42.4 Å². The number of rotatable bonds is 7. The van der Waals surface area contributed by atoms with Gasteiger partial charge in [-0.15, -0.1) is 0 Å². The first-order valence-corrected chi connectivity index (χ1v) is 7.15. The van der Waals surface area contributed by atoms with Gasteiger partial charge >= 0.3 is 0 Å². The van der Waals surface area contributed by atoms with Gasteiger partial charge < -0.3 is 10.2 Å². The molecule has 1 aliphatic rings. The van der Waals surface area contributed by atoms with E-state index in [0.717, 1.165) is 0 Å². The number of amides is 4. The van der Waals surface area contributed by atoms with Crippen LogP contribution in [0.3, 0.4) is 0 Å². The normalized spacial score (nSPS) is 18.0. The van der Waals surface area contributed by atoms with E-state index < -0.39 is 0 Å². The minimum Gasteiger partial charge on any atom is -0.354 e. The monoisotopic (exact) mass is 297 g/mol. The lowest BCUT2D eigenvalue weighted by Gasteiger charge is -2.16. The van der Waals surface area contributed by atoms with E-state index in [2.05, 4.69) is 5.32 Å². The van der Waals surface area contributed by atoms with Gasteiger partial charge in [-0.25, -0.2) is 0 Å². The molecule has 21 heavy (non-hydrogen) atoms. The van der Waals surface area contributed by atoms with Gasteiger partial charge in [0.25, 0.3) is 0 Å². The Labute approximate surface area is 124 Å². The van der Waals surface area contributed by atoms with Gasteiger partial charge in [-0.2, -0.15) is 0 Å². The number of likely N-dealkylation sites (tertiary alicyclic amines) is 1. The molecule has 0 bridgehead atoms. The van der Waals surface area contributed by atoms with Gasteiger partial charge in [-0.3, -0.25) is 24.1 Å². The maximum absolute atomic E-state index is 11.7. The van der Waals surface area contributed by atoms with Crippen molar-refractivity contribution in [2.45, 2.75) is 33.1 Å². The maximum atomic E-state index is 11.7. The smallest absolute Gasteiger partial charge is 0.232 e. The second-order valence-corrected chi connectivity index (χ2v) is 5.38. The summed E-state index contributed by atoms with van der Waals surface area (Å²) < 4.78 is 0. The van der Waals surface area contributed by atoms with E-state index in [1.165, 1.54) is 16.7 Å². The van der Waals surface area contributed by atoms with Crippen LogP contribution in [0.25, 0.3) is 0 Å². The standard InChI is InChI=1S/C14H23N3O4/c1-10-9-13(20)17(14(10)21)7-4-5-12(19)15-6-8-16(3)11(2)18/h10H,4-9H2,1-3H3,(H,15,19). The highest BCUT2D eigenvalue weighted by atomic mass is 16.2. The van der Waals surface area contributed by atoms with Crippen molar-refractivity contribution in [3.8, 4) is 0 Å². The summed E-state index contributed by atoms with van der Waals surface area (Å²) in [5.41, 5.74) is 0. The Morgan fingerprint density at radius 1 is 1.38 bits per heavy atom. The quantitative estimate of drug-likeness (QED) is 0.657. The van der Waals surface area contributed by atoms with E-state index in [1.54, 1.807) is 14.0 Å². The Morgan fingerprint density at radius 3 is 2.57 bits per heavy atom. The number of hydrogen-bond donors (Lipinski definition) is 1. The fourth-order valence-electron chi connectivity index (χ4n) is 2.09. The number of nitrogens with zero attached hydrogens (tertiary/aromatic N) is 2. The molecule has 1 aliphatic heterocycles. The Kier molecular flexibility index (Phi) is 6.33. The first-order valence-electron chi connectivity index (χ1n) is 7.15. The van der Waals surface area contributed by atoms with E-state index in [9.17, 15) is 19.2 Å². The molecule has 1 rings (SSSR count). The van der Waals surface area contributed by atoms with Crippen LogP contribution in [-0.2, 0) is 19.2 Å². The van der Waals surface area contributed by atoms with Crippen molar-refractivity contribution in [2.24, 2.45) is 5.92 Å². The highest BCUT2D eigenvalue weighted by Crippen LogP contribution is 2.18. The molecule has 1 heterocycles. The second-order valence-electron chi connectivity index (χ2n) is 5.38. The molecule has 1 N–H and O–H groups in total. The van der Waals surface area contributed by atoms with Crippen molar-refractivity contribution in [2.75, 3.05) is 26.7 Å². The number of hydrogen-bond acceptors (Lipinski definition) is 4. The summed E-state index contributed by atoms with van der Waals surface area (Å²) in [6, 6.07) is 0. The maximum Gasteiger partial charge on any atom is 0.232 e. The molecule has 1 saturated heterocycles. The zero-order valence-electron chi connectivity index (χ0n) is 12.8. The van der Waals surface area contributed by atoms with Gasteiger partial charge in [-0.05, 0) is 6.42 Å². The van der Waals surface area contributed by atoms with E-state index >= 15 is 0 Å². The highest BCUT2D eigenvalue weighted by molar-refractivity contribution is 6.03. The first kappa shape index (κ1) is 17.1. The predicted octanol–water partition coefficient (Wildman–Crippen LogP) is -0.244. The van der Waals surface area contributed by atoms with Crippen LogP contribution in [0.2, 0.25) is 0 Å². The summed E-state index contributed by atoms with van der Waals surface area (Å²) in [5, 5.41) is 2.70. The van der Waals surface area contributed by atoms with Crippen LogP contribution >= 0.6 is 0 Å². The average Bonchev–Trinajstić information content (AvgIpc) is 2.64. The molecule has 0 radical (unpaired) electrons. The Bertz CT molecular complexity index is 436. The van der Waals surface area contributed by atoms with Crippen molar-refractivity contribution in [3.05, 3.63) is 0 Å². The molecule has 118 valence electrons. The van der Waals surface area contributed by atoms with Crippen LogP contribution in [0.4, 0.5) is 0 Å². The third kappa shape index (κ3) is 5.17. The molecule has 0 aliphatic carbocycles. The van der Waals surface area contributed by atoms with Crippen molar-refractivity contribution in [1.82, 2.24) is 15.1 Å². The molecular weight excluding hydrogens is 274 g/mol. The molecule has 0 spiro atoms. The van der Waals surface area contributed by atoms with E-state index in [4.69, 9.17) is 0 Å². The molecule has 1 fully saturated rings. The summed E-state index contributed by atoms with van der Waals surface area (Å²) in [5.74, 6) is -0.739. The van der Waals surface area contributed by atoms with Crippen LogP contribution in [0, 0.1) is 5.92 Å². The molecule has 7 nitrogen and oxygen atoms in total. The third-order valence-electron chi connectivity index (χ3n) is 3.56. The number of carbonyl (C=O) groups is 4. The van der Waals surface area contributed by atoms with Gasteiger partial charge in [0.2, 0.25) is 23.6 Å². The van der Waals surface area contributed by atoms with Crippen LogP contribution in [0.15, 0.2) is 0 Å². The van der Waals surface area contributed by atoms with Crippen molar-refractivity contribution < 1.29 is 19.2 Å². The first-order chi connectivity index (χ1) is 9.82. The van der Waals surface area contributed by atoms with Crippen LogP contribution < -0.4 is 5.32 Å². The number of imide groups is 1. The minimum atomic E-state index is -0.242. The van der Waals surface area contributed by atoms with Crippen molar-refractivity contribution >= 4 is 23.6 Å². The molecule has 0 aromatic carbocycles. The SMILES string of the molecule is CC(=O)N(C)CCNC(=O)CCCN1C(=O)CC(C)C1=O. The summed E-state index contributed by atoms with van der Waals surface area (Å²) >= 11 is 0. The molecular formula is C14H23N3O4. The summed E-state index contributed by atoms with van der Waals surface area (Å²) in [4.78, 5) is 48.5. The lowest BCUT2D eigenvalue weighted by Crippen LogP contribution is -2.36. The van der Waals surface area contributed by atoms with Gasteiger partial charge in [0.05, 0.1) is 0 Å². The van der Waals surface area contributed by atoms with Gasteiger partial charge in [0, 0.05) is 52.4 Å². The van der Waals surface area contributed by atoms with Gasteiger partial charge in [-0.1, -0.05) is 6.92 Å². The summed E-state index contributed by atoms with van der Waals surface area (Å²) in [7, 11) is 1.67. The molecule has 1 unspecified atom stereocenters. The Morgan fingerprint density at radius 2 is 2.05 bits per heavy atom. The lowest BCUT2D eigenvalue weighted by molar-refractivity contribution is -0.139. The second kappa shape index (κ2) is 7.75. The van der Waals surface area contributed by atoms with Gasteiger partial charge in [0.15, 0.2) is 0 Å². The average molecular weight is 297 g/mol. The zero-order chi connectivity index (χ0) is 16.0. The predicted molar refractivity (Wildman–Crippen MR) is 76.1 cm³/mol. The molecule has 0 aromatic rings. The topological polar surface area (TPSA) is 86.8 Å². The van der Waals surface area contributed by atoms with E-state index in [1.807, 2.05) is 0 Å². The summed E-state index contributed by atoms with van der Waals surface area (Å²) in [6.45, 7) is 4.35. The highest BCUT2D eigenvalue weighted by Gasteiger charge is 2.34. The number of carbonyl (C=O) groups excluding carboxylic acids is 4. The molecule has 0 aromatic heterocycles. The third-order valence-corrected chi connectivity index (χ3v) is 3.56. The van der Waals surface area contributed by atoms with Crippen molar-refractivity contribution in [3.63, 3.8) is 0 Å². The van der Waals surface area contributed by atoms with Crippen LogP contribution in [-0.4, -0.2) is 60.1 Å².